The van der Waals surface area contributed by atoms with Gasteiger partial charge in [-0.05, 0) is 37.1 Å². The quantitative estimate of drug-likeness (QED) is 0.644. The molecule has 2 nitrogen and oxygen atoms in total. The predicted molar refractivity (Wildman–Crippen MR) is 55.0 cm³/mol. The van der Waals surface area contributed by atoms with E-state index in [0.717, 1.165) is 24.9 Å². The Labute approximate surface area is 87.7 Å². The van der Waals surface area contributed by atoms with Crippen molar-refractivity contribution in [3.05, 3.63) is 30.1 Å². The SMILES string of the molecule is O=C1[C@H]2CCC[C@H]2N1c1ccc(F)cc1. The Balaban J connectivity index is 1.89. The van der Waals surface area contributed by atoms with E-state index in [0.29, 0.717) is 6.04 Å². The first kappa shape index (κ1) is 8.89. The molecule has 1 aliphatic heterocycles. The fraction of sp³-hybridized carbons (Fsp3) is 0.417. The monoisotopic (exact) mass is 205 g/mol. The molecule has 1 amide bonds. The number of nitrogens with zero attached hydrogens (tertiary/aromatic N) is 1. The molecule has 0 aromatic heterocycles. The lowest BCUT2D eigenvalue weighted by molar-refractivity contribution is -0.128. The minimum Gasteiger partial charge on any atom is -0.308 e. The number of hydrogen-bond donors (Lipinski definition) is 0. The van der Waals surface area contributed by atoms with E-state index in [4.69, 9.17) is 0 Å². The zero-order valence-corrected chi connectivity index (χ0v) is 8.32. The third kappa shape index (κ3) is 1.19. The van der Waals surface area contributed by atoms with Crippen LogP contribution in [0.15, 0.2) is 24.3 Å². The number of anilines is 1. The Morgan fingerprint density at radius 1 is 1.20 bits per heavy atom. The first-order chi connectivity index (χ1) is 7.27. The minimum atomic E-state index is -0.255. The highest BCUT2D eigenvalue weighted by Gasteiger charge is 2.50. The summed E-state index contributed by atoms with van der Waals surface area (Å²) in [4.78, 5) is 13.6. The molecular weight excluding hydrogens is 193 g/mol. The van der Waals surface area contributed by atoms with Gasteiger partial charge in [0.05, 0.1) is 5.92 Å². The van der Waals surface area contributed by atoms with Crippen molar-refractivity contribution in [2.75, 3.05) is 4.90 Å². The van der Waals surface area contributed by atoms with Gasteiger partial charge in [-0.3, -0.25) is 4.79 Å². The number of amides is 1. The third-order valence-electron chi connectivity index (χ3n) is 3.47. The van der Waals surface area contributed by atoms with Crippen molar-refractivity contribution in [1.29, 1.82) is 0 Å². The molecule has 0 unspecified atom stereocenters. The maximum absolute atomic E-state index is 12.7. The van der Waals surface area contributed by atoms with Crippen LogP contribution in [0.1, 0.15) is 19.3 Å². The van der Waals surface area contributed by atoms with Gasteiger partial charge in [0.2, 0.25) is 5.91 Å². The first-order valence-electron chi connectivity index (χ1n) is 5.36. The van der Waals surface area contributed by atoms with Crippen molar-refractivity contribution >= 4 is 11.6 Å². The van der Waals surface area contributed by atoms with Crippen LogP contribution in [0.3, 0.4) is 0 Å². The van der Waals surface area contributed by atoms with Crippen LogP contribution >= 0.6 is 0 Å². The van der Waals surface area contributed by atoms with Crippen LogP contribution in [0.5, 0.6) is 0 Å². The maximum atomic E-state index is 12.7. The number of carbonyl (C=O) groups excluding carboxylic acids is 1. The molecule has 3 rings (SSSR count). The Kier molecular flexibility index (Phi) is 1.81. The van der Waals surface area contributed by atoms with Gasteiger partial charge in [0.15, 0.2) is 0 Å². The molecule has 0 spiro atoms. The zero-order valence-electron chi connectivity index (χ0n) is 8.32. The maximum Gasteiger partial charge on any atom is 0.232 e. The topological polar surface area (TPSA) is 20.3 Å². The average Bonchev–Trinajstić information content (AvgIpc) is 2.65. The molecule has 1 heterocycles. The molecule has 0 radical (unpaired) electrons. The van der Waals surface area contributed by atoms with E-state index >= 15 is 0 Å². The number of carbonyl (C=O) groups is 1. The predicted octanol–water partition coefficient (Wildman–Crippen LogP) is 2.34. The molecule has 2 atom stereocenters. The standard InChI is InChI=1S/C12H12FNO/c13-8-4-6-9(7-5-8)14-11-3-1-2-10(11)12(14)15/h4-7,10-11H,1-3H2/t10-,11+/m0/s1. The molecule has 1 aromatic carbocycles. The lowest BCUT2D eigenvalue weighted by atomic mass is 9.90. The molecule has 2 fully saturated rings. The number of fused-ring (bicyclic) bond motifs is 1. The number of benzene rings is 1. The number of rotatable bonds is 1. The van der Waals surface area contributed by atoms with Crippen LogP contribution in [0.25, 0.3) is 0 Å². The number of hydrogen-bond acceptors (Lipinski definition) is 1. The van der Waals surface area contributed by atoms with Crippen LogP contribution in [0.2, 0.25) is 0 Å². The van der Waals surface area contributed by atoms with Crippen LogP contribution in [-0.4, -0.2) is 11.9 Å². The summed E-state index contributed by atoms with van der Waals surface area (Å²) in [5.41, 5.74) is 0.838. The Hall–Kier alpha value is -1.38. The minimum absolute atomic E-state index is 0.212. The van der Waals surface area contributed by atoms with E-state index in [-0.39, 0.29) is 17.6 Å². The molecule has 1 saturated heterocycles. The largest absolute Gasteiger partial charge is 0.308 e. The van der Waals surface area contributed by atoms with Crippen molar-refractivity contribution in [2.24, 2.45) is 5.92 Å². The molecule has 1 aliphatic carbocycles. The summed E-state index contributed by atoms with van der Waals surface area (Å²) in [5, 5.41) is 0. The van der Waals surface area contributed by atoms with Crippen molar-refractivity contribution in [3.8, 4) is 0 Å². The summed E-state index contributed by atoms with van der Waals surface area (Å²) < 4.78 is 12.7. The highest BCUT2D eigenvalue weighted by atomic mass is 19.1. The van der Waals surface area contributed by atoms with Gasteiger partial charge in [-0.25, -0.2) is 4.39 Å². The van der Waals surface area contributed by atoms with Crippen molar-refractivity contribution in [1.82, 2.24) is 0 Å². The van der Waals surface area contributed by atoms with Crippen molar-refractivity contribution in [2.45, 2.75) is 25.3 Å². The van der Waals surface area contributed by atoms with Gasteiger partial charge in [0.1, 0.15) is 5.82 Å². The van der Waals surface area contributed by atoms with E-state index in [9.17, 15) is 9.18 Å². The fourth-order valence-electron chi connectivity index (χ4n) is 2.72. The molecule has 1 aromatic rings. The first-order valence-corrected chi connectivity index (χ1v) is 5.36. The highest BCUT2D eigenvalue weighted by Crippen LogP contribution is 2.42. The molecule has 0 bridgehead atoms. The van der Waals surface area contributed by atoms with E-state index < -0.39 is 0 Å². The lowest BCUT2D eigenvalue weighted by Crippen LogP contribution is -2.58. The molecular formula is C12H12FNO. The molecule has 78 valence electrons. The molecule has 1 saturated carbocycles. The van der Waals surface area contributed by atoms with Crippen LogP contribution in [-0.2, 0) is 4.79 Å². The second-order valence-corrected chi connectivity index (χ2v) is 4.29. The van der Waals surface area contributed by atoms with Gasteiger partial charge in [-0.2, -0.15) is 0 Å². The summed E-state index contributed by atoms with van der Waals surface area (Å²) in [7, 11) is 0. The molecule has 3 heteroatoms. The van der Waals surface area contributed by atoms with Crippen LogP contribution in [0.4, 0.5) is 10.1 Å². The number of β-lactam (4-membered cyclic amide) rings is 1. The fourth-order valence-corrected chi connectivity index (χ4v) is 2.72. The normalized spacial score (nSPS) is 28.9. The Morgan fingerprint density at radius 3 is 2.67 bits per heavy atom. The van der Waals surface area contributed by atoms with Crippen molar-refractivity contribution in [3.63, 3.8) is 0 Å². The van der Waals surface area contributed by atoms with Gasteiger partial charge in [0, 0.05) is 11.7 Å². The second kappa shape index (κ2) is 3.05. The van der Waals surface area contributed by atoms with E-state index in [2.05, 4.69) is 0 Å². The zero-order chi connectivity index (χ0) is 10.4. The van der Waals surface area contributed by atoms with Crippen LogP contribution < -0.4 is 4.90 Å². The third-order valence-corrected chi connectivity index (χ3v) is 3.47. The molecule has 2 aliphatic rings. The number of halogens is 1. The summed E-state index contributed by atoms with van der Waals surface area (Å²) in [5.74, 6) is 0.203. The van der Waals surface area contributed by atoms with Crippen molar-refractivity contribution < 1.29 is 9.18 Å². The van der Waals surface area contributed by atoms with Crippen LogP contribution in [0, 0.1) is 11.7 Å². The van der Waals surface area contributed by atoms with E-state index in [1.807, 2.05) is 4.90 Å². The van der Waals surface area contributed by atoms with E-state index in [1.54, 1.807) is 12.1 Å². The molecule has 15 heavy (non-hydrogen) atoms. The molecule has 0 N–H and O–H groups in total. The summed E-state index contributed by atoms with van der Waals surface area (Å²) in [6, 6.07) is 6.56. The Bertz CT molecular complexity index is 401. The van der Waals surface area contributed by atoms with Gasteiger partial charge >= 0.3 is 0 Å². The van der Waals surface area contributed by atoms with E-state index in [1.165, 1.54) is 12.1 Å². The summed E-state index contributed by atoms with van der Waals surface area (Å²) >= 11 is 0. The highest BCUT2D eigenvalue weighted by molar-refractivity contribution is 6.03. The van der Waals surface area contributed by atoms with Gasteiger partial charge in [0.25, 0.3) is 0 Å². The summed E-state index contributed by atoms with van der Waals surface area (Å²) in [6.07, 6.45) is 3.26. The average molecular weight is 205 g/mol. The van der Waals surface area contributed by atoms with Gasteiger partial charge in [-0.15, -0.1) is 0 Å². The smallest absolute Gasteiger partial charge is 0.232 e. The second-order valence-electron chi connectivity index (χ2n) is 4.29. The lowest BCUT2D eigenvalue weighted by Gasteiger charge is -2.43. The summed E-state index contributed by atoms with van der Waals surface area (Å²) in [6.45, 7) is 0. The van der Waals surface area contributed by atoms with Gasteiger partial charge in [-0.1, -0.05) is 6.42 Å². The van der Waals surface area contributed by atoms with Gasteiger partial charge < -0.3 is 4.90 Å². The Morgan fingerprint density at radius 2 is 1.93 bits per heavy atom.